The molecular formula is C23H17BrClN4O2S+. The summed E-state index contributed by atoms with van der Waals surface area (Å²) >= 11 is 11.2. The molecule has 1 atom stereocenters. The third kappa shape index (κ3) is 3.90. The zero-order chi connectivity index (χ0) is 22.2. The molecule has 32 heavy (non-hydrogen) atoms. The highest BCUT2D eigenvalue weighted by molar-refractivity contribution is 9.10. The first kappa shape index (κ1) is 21.1. The number of aromatic hydroxyl groups is 1. The molecule has 1 aromatic heterocycles. The van der Waals surface area contributed by atoms with E-state index >= 15 is 0 Å². The Balaban J connectivity index is 1.62. The molecule has 0 spiro atoms. The van der Waals surface area contributed by atoms with Crippen LogP contribution in [0.5, 0.6) is 5.75 Å². The Labute approximate surface area is 201 Å². The number of anilines is 1. The number of aromatic amines is 1. The first-order valence-electron chi connectivity index (χ1n) is 9.78. The molecule has 9 heteroatoms. The number of aromatic nitrogens is 3. The van der Waals surface area contributed by atoms with Crippen LogP contribution in [0.25, 0.3) is 11.3 Å². The van der Waals surface area contributed by atoms with E-state index < -0.39 is 6.17 Å². The lowest BCUT2D eigenvalue weighted by molar-refractivity contribution is -0.759. The van der Waals surface area contributed by atoms with E-state index in [9.17, 15) is 9.90 Å². The quantitative estimate of drug-likeness (QED) is 0.253. The van der Waals surface area contributed by atoms with E-state index in [0.29, 0.717) is 21.6 Å². The average Bonchev–Trinajstić information content (AvgIpc) is 2.79. The molecule has 0 unspecified atom stereocenters. The molecule has 6 nitrogen and oxygen atoms in total. The number of phenols is 1. The molecular weight excluding hydrogens is 512 g/mol. The SMILES string of the molecule is O=c1[nH]c(SCc2ccccc2Cl)n[n+]2c1-c1ccccc1N[C@@H]2c1cc(O)ccc1Br. The summed E-state index contributed by atoms with van der Waals surface area (Å²) in [5.41, 5.74) is 3.50. The van der Waals surface area contributed by atoms with Crippen LogP contribution in [0.3, 0.4) is 0 Å². The fraction of sp³-hybridized carbons (Fsp3) is 0.0870. The van der Waals surface area contributed by atoms with Gasteiger partial charge in [-0.15, -0.1) is 0 Å². The van der Waals surface area contributed by atoms with Gasteiger partial charge < -0.3 is 10.4 Å². The summed E-state index contributed by atoms with van der Waals surface area (Å²) in [6.45, 7) is 0. The number of hydrogen-bond acceptors (Lipinski definition) is 5. The summed E-state index contributed by atoms with van der Waals surface area (Å²) in [6.07, 6.45) is -0.497. The van der Waals surface area contributed by atoms with Crippen molar-refractivity contribution in [2.75, 3.05) is 5.32 Å². The highest BCUT2D eigenvalue weighted by Crippen LogP contribution is 2.35. The number of fused-ring (bicyclic) bond motifs is 3. The number of rotatable bonds is 4. The summed E-state index contributed by atoms with van der Waals surface area (Å²) in [7, 11) is 0. The predicted octanol–water partition coefficient (Wildman–Crippen LogP) is 5.11. The van der Waals surface area contributed by atoms with E-state index in [2.05, 4.69) is 26.2 Å². The van der Waals surface area contributed by atoms with Crippen LogP contribution in [0.2, 0.25) is 5.02 Å². The van der Waals surface area contributed by atoms with E-state index in [1.165, 1.54) is 11.8 Å². The number of benzene rings is 3. The second-order valence-corrected chi connectivity index (χ2v) is 9.46. The van der Waals surface area contributed by atoms with Gasteiger partial charge in [-0.1, -0.05) is 69.6 Å². The highest BCUT2D eigenvalue weighted by atomic mass is 79.9. The predicted molar refractivity (Wildman–Crippen MR) is 129 cm³/mol. The lowest BCUT2D eigenvalue weighted by atomic mass is 10.0. The second kappa shape index (κ2) is 8.61. The number of hydrogen-bond donors (Lipinski definition) is 3. The number of nitrogens with zero attached hydrogens (tertiary/aromatic N) is 2. The number of thioether (sulfide) groups is 1. The largest absolute Gasteiger partial charge is 0.508 e. The van der Waals surface area contributed by atoms with Crippen molar-refractivity contribution in [3.63, 3.8) is 0 Å². The van der Waals surface area contributed by atoms with E-state index in [0.717, 1.165) is 26.9 Å². The molecule has 2 heterocycles. The molecule has 0 amide bonds. The minimum Gasteiger partial charge on any atom is -0.508 e. The van der Waals surface area contributed by atoms with Crippen LogP contribution >= 0.6 is 39.3 Å². The third-order valence-corrected chi connectivity index (χ3v) is 7.18. The molecule has 0 saturated carbocycles. The van der Waals surface area contributed by atoms with Gasteiger partial charge in [-0.2, -0.15) is 0 Å². The summed E-state index contributed by atoms with van der Waals surface area (Å²) in [5, 5.41) is 19.5. The van der Waals surface area contributed by atoms with E-state index in [1.807, 2.05) is 48.5 Å². The van der Waals surface area contributed by atoms with Gasteiger partial charge in [0.05, 0.1) is 16.8 Å². The number of para-hydroxylation sites is 1. The first-order chi connectivity index (χ1) is 15.5. The normalized spacial score (nSPS) is 14.4. The number of halogens is 2. The van der Waals surface area contributed by atoms with Gasteiger partial charge in [0.25, 0.3) is 6.17 Å². The molecule has 0 aliphatic carbocycles. The van der Waals surface area contributed by atoms with Crippen molar-refractivity contribution >= 4 is 45.0 Å². The standard InChI is InChI=1S/C23H16BrClN4O2S/c24-17-10-9-14(30)11-16(17)21-26-19-8-4-2-6-15(19)20-22(31)27-23(28-29(20)21)32-12-13-5-1-3-7-18(13)25/h1-11,21H,12H2,(H2,27,28,30,31)/p+1/t21-/m0/s1. The van der Waals surface area contributed by atoms with Crippen LogP contribution in [0.1, 0.15) is 17.3 Å². The van der Waals surface area contributed by atoms with Crippen molar-refractivity contribution in [1.29, 1.82) is 0 Å². The van der Waals surface area contributed by atoms with Gasteiger partial charge in [-0.05, 0) is 46.6 Å². The zero-order valence-electron chi connectivity index (χ0n) is 16.5. The molecule has 0 saturated heterocycles. The lowest BCUT2D eigenvalue weighted by Gasteiger charge is -2.23. The van der Waals surface area contributed by atoms with Crippen LogP contribution in [-0.4, -0.2) is 15.2 Å². The van der Waals surface area contributed by atoms with Crippen LogP contribution in [0.15, 0.2) is 81.2 Å². The molecule has 160 valence electrons. The maximum absolute atomic E-state index is 13.2. The molecule has 5 rings (SSSR count). The minimum absolute atomic E-state index is 0.129. The fourth-order valence-electron chi connectivity index (χ4n) is 3.67. The van der Waals surface area contributed by atoms with Crippen molar-refractivity contribution in [3.8, 4) is 17.0 Å². The number of H-pyrrole nitrogens is 1. The second-order valence-electron chi connectivity index (χ2n) is 7.23. The summed E-state index contributed by atoms with van der Waals surface area (Å²) in [5.74, 6) is 0.691. The molecule has 0 bridgehead atoms. The summed E-state index contributed by atoms with van der Waals surface area (Å²) in [4.78, 5) is 16.1. The maximum Gasteiger partial charge on any atom is 0.325 e. The van der Waals surface area contributed by atoms with E-state index in [1.54, 1.807) is 22.9 Å². The van der Waals surface area contributed by atoms with Crippen molar-refractivity contribution in [1.82, 2.24) is 10.1 Å². The van der Waals surface area contributed by atoms with Gasteiger partial charge in [0.2, 0.25) is 5.16 Å². The van der Waals surface area contributed by atoms with Gasteiger partial charge in [0.15, 0.2) is 0 Å². The topological polar surface area (TPSA) is 81.9 Å². The van der Waals surface area contributed by atoms with Gasteiger partial charge in [0.1, 0.15) is 5.75 Å². The van der Waals surface area contributed by atoms with E-state index in [-0.39, 0.29) is 11.3 Å². The molecule has 3 N–H and O–H groups in total. The smallest absolute Gasteiger partial charge is 0.325 e. The Morgan fingerprint density at radius 2 is 1.91 bits per heavy atom. The minimum atomic E-state index is -0.497. The molecule has 4 aromatic rings. The van der Waals surface area contributed by atoms with Crippen LogP contribution in [0, 0.1) is 0 Å². The molecule has 1 aliphatic rings. The fourth-order valence-corrected chi connectivity index (χ4v) is 5.27. The highest BCUT2D eigenvalue weighted by Gasteiger charge is 2.38. The van der Waals surface area contributed by atoms with Crippen molar-refractivity contribution in [2.45, 2.75) is 17.1 Å². The zero-order valence-corrected chi connectivity index (χ0v) is 19.7. The van der Waals surface area contributed by atoms with Crippen LogP contribution < -0.4 is 15.6 Å². The van der Waals surface area contributed by atoms with Crippen molar-refractivity contribution < 1.29 is 9.79 Å². The van der Waals surface area contributed by atoms with Crippen LogP contribution in [-0.2, 0) is 5.75 Å². The van der Waals surface area contributed by atoms with Crippen LogP contribution in [0.4, 0.5) is 5.69 Å². The number of phenolic OH excluding ortho intramolecular Hbond substituents is 1. The lowest BCUT2D eigenvalue weighted by Crippen LogP contribution is -2.55. The molecule has 1 aliphatic heterocycles. The molecule has 0 fully saturated rings. The summed E-state index contributed by atoms with van der Waals surface area (Å²) in [6, 6.07) is 20.2. The van der Waals surface area contributed by atoms with Gasteiger partial charge in [-0.25, -0.2) is 0 Å². The molecule has 0 radical (unpaired) electrons. The van der Waals surface area contributed by atoms with Gasteiger partial charge >= 0.3 is 11.3 Å². The first-order valence-corrected chi connectivity index (χ1v) is 11.9. The van der Waals surface area contributed by atoms with Gasteiger partial charge in [0, 0.05) is 20.3 Å². The monoisotopic (exact) mass is 527 g/mol. The van der Waals surface area contributed by atoms with Gasteiger partial charge in [-0.3, -0.25) is 9.78 Å². The van der Waals surface area contributed by atoms with E-state index in [4.69, 9.17) is 16.7 Å². The maximum atomic E-state index is 13.2. The third-order valence-electron chi connectivity index (χ3n) is 5.18. The average molecular weight is 529 g/mol. The van der Waals surface area contributed by atoms with Crippen molar-refractivity contribution in [3.05, 3.63) is 97.7 Å². The van der Waals surface area contributed by atoms with Crippen molar-refractivity contribution in [2.24, 2.45) is 0 Å². The number of nitrogens with one attached hydrogen (secondary N) is 2. The Morgan fingerprint density at radius 1 is 1.12 bits per heavy atom. The summed E-state index contributed by atoms with van der Waals surface area (Å²) < 4.78 is 2.47. The Bertz CT molecular complexity index is 1390. The molecule has 3 aromatic carbocycles. The Hall–Kier alpha value is -2.81. The Kier molecular flexibility index (Phi) is 5.67. The Morgan fingerprint density at radius 3 is 2.75 bits per heavy atom.